The van der Waals surface area contributed by atoms with Gasteiger partial charge in [0.1, 0.15) is 17.2 Å². The second-order valence-electron chi connectivity index (χ2n) is 12.2. The molecule has 0 unspecified atom stereocenters. The first kappa shape index (κ1) is 37.3. The van der Waals surface area contributed by atoms with Gasteiger partial charge in [-0.15, -0.1) is 0 Å². The molecule has 0 radical (unpaired) electrons. The second-order valence-corrected chi connectivity index (χ2v) is 13.1. The van der Waals surface area contributed by atoms with Crippen molar-refractivity contribution in [2.24, 2.45) is 0 Å². The van der Waals surface area contributed by atoms with Gasteiger partial charge in [-0.25, -0.2) is 18.6 Å². The van der Waals surface area contributed by atoms with Gasteiger partial charge in [0.2, 0.25) is 5.43 Å². The van der Waals surface area contributed by atoms with Gasteiger partial charge in [-0.2, -0.15) is 0 Å². The molecule has 2 N–H and O–H groups in total. The number of rotatable bonds is 6. The molecular weight excluding hydrogens is 803 g/mol. The van der Waals surface area contributed by atoms with E-state index in [-0.39, 0.29) is 22.8 Å². The quantitative estimate of drug-likeness (QED) is 0.162. The van der Waals surface area contributed by atoms with Crippen molar-refractivity contribution in [1.82, 2.24) is 19.9 Å². The summed E-state index contributed by atoms with van der Waals surface area (Å²) in [7, 11) is 4.20. The van der Waals surface area contributed by atoms with Gasteiger partial charge < -0.3 is 19.9 Å². The molecule has 270 valence electrons. The molecule has 1 saturated carbocycles. The number of halogens is 4. The summed E-state index contributed by atoms with van der Waals surface area (Å²) in [6, 6.07) is 27.3. The van der Waals surface area contributed by atoms with Crippen LogP contribution in [0.5, 0.6) is 0 Å². The molecule has 2 fully saturated rings. The second kappa shape index (κ2) is 16.9. The summed E-state index contributed by atoms with van der Waals surface area (Å²) in [4.78, 5) is 34.9. The Labute approximate surface area is 319 Å². The van der Waals surface area contributed by atoms with E-state index in [4.69, 9.17) is 4.98 Å². The number of carboxylic acids is 1. The van der Waals surface area contributed by atoms with Gasteiger partial charge in [0.05, 0.1) is 28.3 Å². The van der Waals surface area contributed by atoms with Gasteiger partial charge in [0.15, 0.2) is 0 Å². The zero-order valence-corrected chi connectivity index (χ0v) is 30.8. The fourth-order valence-corrected chi connectivity index (χ4v) is 6.33. The molecule has 0 amide bonds. The molecule has 13 heteroatoms. The number of aromatic carboxylic acids is 1. The Morgan fingerprint density at radius 2 is 1.54 bits per heavy atom. The van der Waals surface area contributed by atoms with Gasteiger partial charge >= 0.3 is 31.2 Å². The molecule has 52 heavy (non-hydrogen) atoms. The molecule has 0 atom stereocenters. The van der Waals surface area contributed by atoms with Gasteiger partial charge in [-0.1, -0.05) is 46.3 Å². The molecular formula is C39H32BrClCuF2N5O3. The number of piperazine rings is 1. The van der Waals surface area contributed by atoms with E-state index in [1.54, 1.807) is 24.4 Å². The molecule has 0 bridgehead atoms. The van der Waals surface area contributed by atoms with Crippen LogP contribution < -0.4 is 15.6 Å². The zero-order valence-electron chi connectivity index (χ0n) is 27.5. The summed E-state index contributed by atoms with van der Waals surface area (Å²) in [5, 5.41) is 12.6. The van der Waals surface area contributed by atoms with Crippen molar-refractivity contribution in [3.05, 3.63) is 135 Å². The third-order valence-electron chi connectivity index (χ3n) is 8.80. The SMILES string of the molecule is Fc1ccc(-c2cc(-c3ccc(Br)cc3)nc(-c3ccccn3)c2)cc1.O=C(O)c1cn(C2CC2)c2cc(N3CCNCC3)c(F)cc2c1=O.[Cl][Cu]. The molecule has 1 aliphatic heterocycles. The predicted octanol–water partition coefficient (Wildman–Crippen LogP) is 8.65. The normalized spacial score (nSPS) is 13.8. The summed E-state index contributed by atoms with van der Waals surface area (Å²) in [6.45, 7) is 2.96. The molecule has 3 aromatic heterocycles. The van der Waals surface area contributed by atoms with Crippen LogP contribution in [0, 0.1) is 11.6 Å². The van der Waals surface area contributed by atoms with Crippen molar-refractivity contribution >= 4 is 48.6 Å². The van der Waals surface area contributed by atoms with Crippen molar-refractivity contribution in [2.45, 2.75) is 18.9 Å². The molecule has 4 heterocycles. The van der Waals surface area contributed by atoms with Gasteiger partial charge in [0.25, 0.3) is 0 Å². The van der Waals surface area contributed by atoms with Crippen LogP contribution in [0.3, 0.4) is 0 Å². The van der Waals surface area contributed by atoms with Crippen molar-refractivity contribution in [3.63, 3.8) is 0 Å². The van der Waals surface area contributed by atoms with Gasteiger partial charge in [0, 0.05) is 60.0 Å². The number of anilines is 1. The summed E-state index contributed by atoms with van der Waals surface area (Å²) >= 11 is 7.12. The van der Waals surface area contributed by atoms with E-state index in [1.165, 1.54) is 24.4 Å². The summed E-state index contributed by atoms with van der Waals surface area (Å²) < 4.78 is 30.7. The third-order valence-corrected chi connectivity index (χ3v) is 9.33. The molecule has 1 saturated heterocycles. The molecule has 8 rings (SSSR count). The standard InChI is InChI=1S/C22H14BrFN2.C17H18FN3O3.ClH.Cu/c23-18-8-4-16(5-9-18)21-13-17(15-6-10-19(24)11-7-15)14-22(26-21)20-3-1-2-12-25-20;18-13-7-11-14(8-15(13)20-5-3-19-4-6-20)21(10-1-2-10)9-12(16(11)22)17(23)24;;/h1-14H;7-10,19H,1-6H2,(H,23,24);1H;/q;;;+1/p-1. The average Bonchev–Trinajstić information content (AvgIpc) is 4.03. The van der Waals surface area contributed by atoms with Crippen LogP contribution in [0.25, 0.3) is 44.7 Å². The monoisotopic (exact) mass is 833 g/mol. The number of carboxylic acid groups (broad SMARTS) is 1. The van der Waals surface area contributed by atoms with Crippen LogP contribution in [-0.2, 0) is 15.1 Å². The fraction of sp³-hybridized carbons (Fsp3) is 0.179. The van der Waals surface area contributed by atoms with Gasteiger partial charge in [-0.05, 0) is 84.6 Å². The molecule has 2 aliphatic rings. The Morgan fingerprint density at radius 1 is 0.865 bits per heavy atom. The maximum atomic E-state index is 14.6. The van der Waals surface area contributed by atoms with E-state index in [0.29, 0.717) is 24.3 Å². The molecule has 0 spiro atoms. The Hall–Kier alpha value is -4.45. The maximum absolute atomic E-state index is 14.6. The Bertz CT molecular complexity index is 2190. The Morgan fingerprint density at radius 3 is 2.17 bits per heavy atom. The average molecular weight is 836 g/mol. The van der Waals surface area contributed by atoms with E-state index >= 15 is 0 Å². The number of carbonyl (C=O) groups is 1. The van der Waals surface area contributed by atoms with E-state index < -0.39 is 17.2 Å². The number of benzene rings is 3. The minimum absolute atomic E-state index is 0.137. The molecule has 8 nitrogen and oxygen atoms in total. The van der Waals surface area contributed by atoms with Crippen LogP contribution >= 0.6 is 26.0 Å². The number of hydrogen-bond donors (Lipinski definition) is 2. The predicted molar refractivity (Wildman–Crippen MR) is 200 cm³/mol. The Balaban J connectivity index is 0.000000171. The first-order valence-electron chi connectivity index (χ1n) is 16.4. The van der Waals surface area contributed by atoms with Crippen LogP contribution in [-0.4, -0.2) is 51.8 Å². The van der Waals surface area contributed by atoms with Crippen LogP contribution in [0.2, 0.25) is 0 Å². The minimum atomic E-state index is -1.28. The number of nitrogens with one attached hydrogen (secondary N) is 1. The number of pyridine rings is 3. The van der Waals surface area contributed by atoms with Crippen LogP contribution in [0.15, 0.2) is 113 Å². The van der Waals surface area contributed by atoms with Gasteiger partial charge in [-0.3, -0.25) is 9.78 Å². The van der Waals surface area contributed by atoms with Crippen LogP contribution in [0.4, 0.5) is 14.5 Å². The van der Waals surface area contributed by atoms with Crippen LogP contribution in [0.1, 0.15) is 29.2 Å². The number of hydrogen-bond acceptors (Lipinski definition) is 6. The summed E-state index contributed by atoms with van der Waals surface area (Å²) in [5.41, 5.74) is 5.50. The fourth-order valence-electron chi connectivity index (χ4n) is 6.07. The zero-order chi connectivity index (χ0) is 36.8. The van der Waals surface area contributed by atoms with Crippen molar-refractivity contribution in [2.75, 3.05) is 31.1 Å². The number of nitrogens with zero attached hydrogens (tertiary/aromatic N) is 4. The molecule has 6 aromatic rings. The summed E-state index contributed by atoms with van der Waals surface area (Å²) in [6.07, 6.45) is 5.04. The van der Waals surface area contributed by atoms with E-state index in [1.807, 2.05) is 64.1 Å². The molecule has 3 aromatic carbocycles. The first-order chi connectivity index (χ1) is 25.2. The third kappa shape index (κ3) is 8.60. The molecule has 1 aliphatic carbocycles. The van der Waals surface area contributed by atoms with Crippen molar-refractivity contribution in [3.8, 4) is 33.8 Å². The van der Waals surface area contributed by atoms with Crippen molar-refractivity contribution < 1.29 is 33.8 Å². The van der Waals surface area contributed by atoms with Crippen molar-refractivity contribution in [1.29, 1.82) is 0 Å². The topological polar surface area (TPSA) is 100 Å². The number of aromatic nitrogens is 3. The van der Waals surface area contributed by atoms with E-state index in [0.717, 1.165) is 64.2 Å². The first-order valence-corrected chi connectivity index (χ1v) is 18.5. The Kier molecular flexibility index (Phi) is 12.1. The number of fused-ring (bicyclic) bond motifs is 1. The van der Waals surface area contributed by atoms with E-state index in [9.17, 15) is 23.5 Å². The van der Waals surface area contributed by atoms with E-state index in [2.05, 4.69) is 51.4 Å². The summed E-state index contributed by atoms with van der Waals surface area (Å²) in [5.74, 6) is -2.00.